The fourth-order valence-corrected chi connectivity index (χ4v) is 4.20. The summed E-state index contributed by atoms with van der Waals surface area (Å²) in [7, 11) is 0. The first-order chi connectivity index (χ1) is 12.6. The fourth-order valence-electron chi connectivity index (χ4n) is 4.20. The van der Waals surface area contributed by atoms with Crippen LogP contribution in [0, 0.1) is 5.92 Å². The summed E-state index contributed by atoms with van der Waals surface area (Å²) in [6, 6.07) is 5.82. The van der Waals surface area contributed by atoms with Crippen LogP contribution >= 0.6 is 0 Å². The van der Waals surface area contributed by atoms with Gasteiger partial charge in [-0.3, -0.25) is 14.0 Å². The van der Waals surface area contributed by atoms with Crippen LogP contribution in [-0.2, 0) is 0 Å². The molecule has 1 aliphatic heterocycles. The molecule has 0 spiro atoms. The largest absolute Gasteiger partial charge is 0.347 e. The number of rotatable bonds is 3. The lowest BCUT2D eigenvalue weighted by Crippen LogP contribution is -2.39. The van der Waals surface area contributed by atoms with Crippen LogP contribution in [0.25, 0.3) is 5.52 Å². The molecule has 1 saturated heterocycles. The molecule has 6 heteroatoms. The Morgan fingerprint density at radius 1 is 1.15 bits per heavy atom. The molecule has 0 radical (unpaired) electrons. The summed E-state index contributed by atoms with van der Waals surface area (Å²) in [6.07, 6.45) is 8.34. The van der Waals surface area contributed by atoms with E-state index in [2.05, 4.69) is 17.2 Å². The van der Waals surface area contributed by atoms with Crippen LogP contribution < -0.4 is 5.32 Å². The van der Waals surface area contributed by atoms with Crippen molar-refractivity contribution in [3.63, 3.8) is 0 Å². The summed E-state index contributed by atoms with van der Waals surface area (Å²) in [5.74, 6) is 0.553. The van der Waals surface area contributed by atoms with Crippen LogP contribution in [0.1, 0.15) is 66.6 Å². The Kier molecular flexibility index (Phi) is 4.66. The average Bonchev–Trinajstić information content (AvgIpc) is 3.28. The molecular formula is C20H26N4O2. The maximum absolute atomic E-state index is 13.1. The van der Waals surface area contributed by atoms with Gasteiger partial charge in [0.2, 0.25) is 5.82 Å². The highest BCUT2D eigenvalue weighted by atomic mass is 16.2. The van der Waals surface area contributed by atoms with E-state index in [4.69, 9.17) is 0 Å². The second kappa shape index (κ2) is 7.09. The van der Waals surface area contributed by atoms with Crippen LogP contribution in [0.15, 0.2) is 24.4 Å². The first-order valence-corrected chi connectivity index (χ1v) is 9.70. The standard InChI is InChI=1S/C20H26N4O2/c1-14-7-6-11-23(13-14)20(26)17-16-10-4-5-12-24(16)18(22-17)19(25)21-15-8-2-3-9-15/h4-5,10,12,14-15H,2-3,6-9,11,13H2,1H3,(H,21,25). The van der Waals surface area contributed by atoms with Crippen molar-refractivity contribution >= 4 is 17.3 Å². The quantitative estimate of drug-likeness (QED) is 0.922. The lowest BCUT2D eigenvalue weighted by Gasteiger charge is -2.30. The predicted molar refractivity (Wildman–Crippen MR) is 99.2 cm³/mol. The molecule has 1 unspecified atom stereocenters. The van der Waals surface area contributed by atoms with Crippen molar-refractivity contribution in [2.24, 2.45) is 5.92 Å². The molecule has 2 aliphatic rings. The number of aromatic nitrogens is 2. The molecule has 26 heavy (non-hydrogen) atoms. The SMILES string of the molecule is CC1CCCN(C(=O)c2nc(C(=O)NC3CCCC3)n3ccccc23)C1. The Morgan fingerprint density at radius 3 is 2.73 bits per heavy atom. The van der Waals surface area contributed by atoms with E-state index >= 15 is 0 Å². The molecule has 2 fully saturated rings. The third-order valence-electron chi connectivity index (χ3n) is 5.59. The number of imidazole rings is 1. The van der Waals surface area contributed by atoms with E-state index < -0.39 is 0 Å². The van der Waals surface area contributed by atoms with Crippen molar-refractivity contribution in [2.75, 3.05) is 13.1 Å². The summed E-state index contributed by atoms with van der Waals surface area (Å²) in [5, 5.41) is 3.08. The van der Waals surface area contributed by atoms with E-state index in [1.807, 2.05) is 29.3 Å². The molecule has 2 aromatic rings. The van der Waals surface area contributed by atoms with Gasteiger partial charge in [0.1, 0.15) is 0 Å². The summed E-state index contributed by atoms with van der Waals surface area (Å²) >= 11 is 0. The van der Waals surface area contributed by atoms with Crippen molar-refractivity contribution in [3.05, 3.63) is 35.9 Å². The Hall–Kier alpha value is -2.37. The number of nitrogens with zero attached hydrogens (tertiary/aromatic N) is 3. The van der Waals surface area contributed by atoms with Gasteiger partial charge in [-0.2, -0.15) is 0 Å². The normalized spacial score (nSPS) is 21.3. The van der Waals surface area contributed by atoms with Crippen molar-refractivity contribution < 1.29 is 9.59 Å². The van der Waals surface area contributed by atoms with Crippen LogP contribution in [-0.4, -0.2) is 45.2 Å². The molecule has 1 atom stereocenters. The number of hydrogen-bond donors (Lipinski definition) is 1. The number of carbonyl (C=O) groups excluding carboxylic acids is 2. The van der Waals surface area contributed by atoms with Crippen molar-refractivity contribution in [1.29, 1.82) is 0 Å². The number of piperidine rings is 1. The van der Waals surface area contributed by atoms with E-state index in [0.717, 1.165) is 51.6 Å². The van der Waals surface area contributed by atoms with Crippen molar-refractivity contribution in [1.82, 2.24) is 19.6 Å². The van der Waals surface area contributed by atoms with E-state index in [1.165, 1.54) is 0 Å². The fraction of sp³-hybridized carbons (Fsp3) is 0.550. The Morgan fingerprint density at radius 2 is 1.96 bits per heavy atom. The molecule has 2 aromatic heterocycles. The Bertz CT molecular complexity index is 822. The number of carbonyl (C=O) groups is 2. The van der Waals surface area contributed by atoms with Gasteiger partial charge in [0, 0.05) is 25.3 Å². The molecular weight excluding hydrogens is 328 g/mol. The summed E-state index contributed by atoms with van der Waals surface area (Å²) in [6.45, 7) is 3.69. The maximum Gasteiger partial charge on any atom is 0.287 e. The summed E-state index contributed by atoms with van der Waals surface area (Å²) < 4.78 is 1.74. The maximum atomic E-state index is 13.1. The predicted octanol–water partition coefficient (Wildman–Crippen LogP) is 2.88. The zero-order chi connectivity index (χ0) is 18.1. The highest BCUT2D eigenvalue weighted by Gasteiger charge is 2.28. The highest BCUT2D eigenvalue weighted by Crippen LogP contribution is 2.22. The average molecular weight is 354 g/mol. The van der Waals surface area contributed by atoms with E-state index in [-0.39, 0.29) is 17.9 Å². The summed E-state index contributed by atoms with van der Waals surface area (Å²) in [4.78, 5) is 32.2. The monoisotopic (exact) mass is 354 g/mol. The second-order valence-corrected chi connectivity index (χ2v) is 7.69. The number of likely N-dealkylation sites (tertiary alicyclic amines) is 1. The smallest absolute Gasteiger partial charge is 0.287 e. The van der Waals surface area contributed by atoms with E-state index in [0.29, 0.717) is 23.0 Å². The molecule has 1 aliphatic carbocycles. The Balaban J connectivity index is 1.65. The number of nitrogens with one attached hydrogen (secondary N) is 1. The minimum atomic E-state index is -0.191. The molecule has 0 aromatic carbocycles. The first-order valence-electron chi connectivity index (χ1n) is 9.70. The van der Waals surface area contributed by atoms with E-state index in [9.17, 15) is 9.59 Å². The van der Waals surface area contributed by atoms with Gasteiger partial charge in [0.05, 0.1) is 5.52 Å². The number of amides is 2. The minimum absolute atomic E-state index is 0.0693. The molecule has 1 N–H and O–H groups in total. The third kappa shape index (κ3) is 3.20. The van der Waals surface area contributed by atoms with Crippen LogP contribution in [0.2, 0.25) is 0 Å². The zero-order valence-electron chi connectivity index (χ0n) is 15.3. The van der Waals surface area contributed by atoms with Gasteiger partial charge >= 0.3 is 0 Å². The Labute approximate surface area is 153 Å². The first kappa shape index (κ1) is 17.1. The van der Waals surface area contributed by atoms with Gasteiger partial charge in [-0.05, 0) is 43.7 Å². The molecule has 1 saturated carbocycles. The van der Waals surface area contributed by atoms with Crippen LogP contribution in [0.3, 0.4) is 0 Å². The highest BCUT2D eigenvalue weighted by molar-refractivity contribution is 6.02. The lowest BCUT2D eigenvalue weighted by molar-refractivity contribution is 0.0679. The second-order valence-electron chi connectivity index (χ2n) is 7.69. The molecule has 3 heterocycles. The number of pyridine rings is 1. The molecule has 0 bridgehead atoms. The molecule has 2 amide bonds. The molecule has 6 nitrogen and oxygen atoms in total. The van der Waals surface area contributed by atoms with Gasteiger partial charge in [0.15, 0.2) is 5.69 Å². The van der Waals surface area contributed by atoms with Crippen LogP contribution in [0.5, 0.6) is 0 Å². The van der Waals surface area contributed by atoms with Gasteiger partial charge in [-0.25, -0.2) is 4.98 Å². The van der Waals surface area contributed by atoms with Crippen LogP contribution in [0.4, 0.5) is 0 Å². The number of fused-ring (bicyclic) bond motifs is 1. The van der Waals surface area contributed by atoms with Gasteiger partial charge in [0.25, 0.3) is 11.8 Å². The van der Waals surface area contributed by atoms with Gasteiger partial charge in [-0.1, -0.05) is 25.8 Å². The van der Waals surface area contributed by atoms with Crippen molar-refractivity contribution in [3.8, 4) is 0 Å². The van der Waals surface area contributed by atoms with Gasteiger partial charge in [-0.15, -0.1) is 0 Å². The molecule has 138 valence electrons. The summed E-state index contributed by atoms with van der Waals surface area (Å²) in [5.41, 5.74) is 1.09. The topological polar surface area (TPSA) is 66.7 Å². The minimum Gasteiger partial charge on any atom is -0.347 e. The van der Waals surface area contributed by atoms with Gasteiger partial charge < -0.3 is 10.2 Å². The van der Waals surface area contributed by atoms with E-state index in [1.54, 1.807) is 4.40 Å². The number of hydrogen-bond acceptors (Lipinski definition) is 3. The third-order valence-corrected chi connectivity index (χ3v) is 5.59. The van der Waals surface area contributed by atoms with Crippen molar-refractivity contribution in [2.45, 2.75) is 51.5 Å². The molecule has 4 rings (SSSR count). The zero-order valence-corrected chi connectivity index (χ0v) is 15.3. The lowest BCUT2D eigenvalue weighted by atomic mass is 10.00.